The lowest BCUT2D eigenvalue weighted by atomic mass is 10.1. The molecule has 0 atom stereocenters. The van der Waals surface area contributed by atoms with Crippen LogP contribution in [0.15, 0.2) is 0 Å². The molecule has 1 amide bonds. The molecule has 6 heteroatoms. The van der Waals surface area contributed by atoms with Crippen LogP contribution in [0.25, 0.3) is 0 Å². The van der Waals surface area contributed by atoms with Crippen LogP contribution in [0.3, 0.4) is 0 Å². The van der Waals surface area contributed by atoms with Crippen LogP contribution in [0, 0.1) is 0 Å². The molecule has 6 nitrogen and oxygen atoms in total. The molecule has 0 spiro atoms. The largest absolute Gasteiger partial charge is 0.394 e. The fraction of sp³-hybridized carbons (Fsp3) is 0.667. The predicted octanol–water partition coefficient (Wildman–Crippen LogP) is 0.891. The molecular formula is C12H23N5O. The zero-order valence-electron chi connectivity index (χ0n) is 11.8. The van der Waals surface area contributed by atoms with Gasteiger partial charge in [-0.2, -0.15) is 5.10 Å². The first-order valence-electron chi connectivity index (χ1n) is 6.10. The minimum absolute atomic E-state index is 0.0684. The number of nitrogens with two attached hydrogens (primary N) is 1. The second-order valence-electron chi connectivity index (χ2n) is 5.34. The van der Waals surface area contributed by atoms with Crippen molar-refractivity contribution >= 4 is 17.4 Å². The van der Waals surface area contributed by atoms with Gasteiger partial charge < -0.3 is 16.4 Å². The quantitative estimate of drug-likeness (QED) is 0.744. The number of hydrogen-bond acceptors (Lipinski definition) is 4. The van der Waals surface area contributed by atoms with Gasteiger partial charge in [-0.15, -0.1) is 0 Å². The molecule has 0 saturated heterocycles. The van der Waals surface area contributed by atoms with Gasteiger partial charge in [0.05, 0.1) is 17.9 Å². The van der Waals surface area contributed by atoms with E-state index in [2.05, 4.69) is 15.7 Å². The van der Waals surface area contributed by atoms with Gasteiger partial charge in [-0.3, -0.25) is 9.48 Å². The molecule has 1 heterocycles. The Kier molecular flexibility index (Phi) is 4.21. The molecule has 1 rings (SSSR count). The van der Waals surface area contributed by atoms with E-state index in [1.807, 2.05) is 27.7 Å². The number of nitrogens with zero attached hydrogens (tertiary/aromatic N) is 2. The van der Waals surface area contributed by atoms with Gasteiger partial charge in [0, 0.05) is 12.6 Å². The van der Waals surface area contributed by atoms with E-state index in [1.54, 1.807) is 11.7 Å². The molecule has 0 aliphatic rings. The first-order chi connectivity index (χ1) is 8.24. The molecule has 1 aromatic rings. The molecule has 0 aliphatic carbocycles. The molecule has 0 radical (unpaired) electrons. The summed E-state index contributed by atoms with van der Waals surface area (Å²) in [6, 6.07) is 0. The van der Waals surface area contributed by atoms with Crippen molar-refractivity contribution in [2.24, 2.45) is 7.05 Å². The summed E-state index contributed by atoms with van der Waals surface area (Å²) < 4.78 is 1.67. The molecular weight excluding hydrogens is 230 g/mol. The average molecular weight is 253 g/mol. The van der Waals surface area contributed by atoms with Crippen LogP contribution in [0.2, 0.25) is 0 Å². The van der Waals surface area contributed by atoms with Crippen molar-refractivity contribution < 1.29 is 4.79 Å². The molecule has 18 heavy (non-hydrogen) atoms. The second-order valence-corrected chi connectivity index (χ2v) is 5.34. The van der Waals surface area contributed by atoms with E-state index in [0.717, 1.165) is 12.1 Å². The molecule has 0 saturated carbocycles. The summed E-state index contributed by atoms with van der Waals surface area (Å²) in [5, 5.41) is 10.2. The number of nitrogens with one attached hydrogen (secondary N) is 2. The molecule has 0 bridgehead atoms. The Morgan fingerprint density at radius 2 is 2.06 bits per heavy atom. The van der Waals surface area contributed by atoms with Gasteiger partial charge in [-0.1, -0.05) is 6.92 Å². The van der Waals surface area contributed by atoms with Crippen molar-refractivity contribution in [1.29, 1.82) is 0 Å². The summed E-state index contributed by atoms with van der Waals surface area (Å²) >= 11 is 0. The van der Waals surface area contributed by atoms with Gasteiger partial charge in [0.1, 0.15) is 5.82 Å². The number of carbonyl (C=O) groups is 1. The highest BCUT2D eigenvalue weighted by Crippen LogP contribution is 2.21. The van der Waals surface area contributed by atoms with E-state index >= 15 is 0 Å². The van der Waals surface area contributed by atoms with Crippen molar-refractivity contribution in [3.63, 3.8) is 0 Å². The highest BCUT2D eigenvalue weighted by molar-refractivity contribution is 5.82. The van der Waals surface area contributed by atoms with Gasteiger partial charge in [-0.25, -0.2) is 0 Å². The Morgan fingerprint density at radius 1 is 1.44 bits per heavy atom. The SMILES string of the molecule is CCc1nn(C)c(NCC(=O)NC(C)(C)C)c1N. The number of aryl methyl sites for hydroxylation is 2. The van der Waals surface area contributed by atoms with Gasteiger partial charge in [0.15, 0.2) is 0 Å². The lowest BCUT2D eigenvalue weighted by molar-refractivity contribution is -0.120. The van der Waals surface area contributed by atoms with Crippen LogP contribution in [0.5, 0.6) is 0 Å². The lowest BCUT2D eigenvalue weighted by Crippen LogP contribution is -2.43. The van der Waals surface area contributed by atoms with E-state index in [9.17, 15) is 4.79 Å². The highest BCUT2D eigenvalue weighted by atomic mass is 16.2. The van der Waals surface area contributed by atoms with Gasteiger partial charge >= 0.3 is 0 Å². The third-order valence-electron chi connectivity index (χ3n) is 2.43. The van der Waals surface area contributed by atoms with Crippen LogP contribution in [-0.4, -0.2) is 27.8 Å². The van der Waals surface area contributed by atoms with Gasteiger partial charge in [0.25, 0.3) is 0 Å². The van der Waals surface area contributed by atoms with E-state index in [-0.39, 0.29) is 18.0 Å². The second kappa shape index (κ2) is 5.29. The van der Waals surface area contributed by atoms with Gasteiger partial charge in [0.2, 0.25) is 5.91 Å². The summed E-state index contributed by atoms with van der Waals surface area (Å²) in [5.41, 5.74) is 7.18. The maximum Gasteiger partial charge on any atom is 0.239 e. The number of amides is 1. The monoisotopic (exact) mass is 253 g/mol. The summed E-state index contributed by atoms with van der Waals surface area (Å²) in [5.74, 6) is 0.622. The lowest BCUT2D eigenvalue weighted by Gasteiger charge is -2.20. The van der Waals surface area contributed by atoms with Crippen molar-refractivity contribution in [3.05, 3.63) is 5.69 Å². The number of anilines is 2. The molecule has 0 aliphatic heterocycles. The molecule has 4 N–H and O–H groups in total. The maximum atomic E-state index is 11.7. The molecule has 102 valence electrons. The summed E-state index contributed by atoms with van der Waals surface area (Å²) in [7, 11) is 1.81. The van der Waals surface area contributed by atoms with Crippen molar-refractivity contribution in [2.45, 2.75) is 39.7 Å². The standard InChI is InChI=1S/C12H23N5O/c1-6-8-10(13)11(17(5)16-8)14-7-9(18)15-12(2,3)4/h14H,6-7,13H2,1-5H3,(H,15,18). The van der Waals surface area contributed by atoms with Gasteiger partial charge in [-0.05, 0) is 27.2 Å². The van der Waals surface area contributed by atoms with Crippen LogP contribution >= 0.6 is 0 Å². The Hall–Kier alpha value is -1.72. The van der Waals surface area contributed by atoms with E-state index < -0.39 is 0 Å². The third-order valence-corrected chi connectivity index (χ3v) is 2.43. The average Bonchev–Trinajstić information content (AvgIpc) is 2.49. The molecule has 1 aromatic heterocycles. The van der Waals surface area contributed by atoms with E-state index in [4.69, 9.17) is 5.73 Å². The van der Waals surface area contributed by atoms with E-state index in [1.165, 1.54) is 0 Å². The number of aromatic nitrogens is 2. The van der Waals surface area contributed by atoms with Crippen LogP contribution < -0.4 is 16.4 Å². The number of carbonyl (C=O) groups excluding carboxylic acids is 1. The fourth-order valence-corrected chi connectivity index (χ4v) is 1.69. The third kappa shape index (κ3) is 3.65. The number of rotatable bonds is 4. The van der Waals surface area contributed by atoms with Crippen LogP contribution in [0.1, 0.15) is 33.4 Å². The Bertz CT molecular complexity index is 430. The van der Waals surface area contributed by atoms with Crippen LogP contribution in [-0.2, 0) is 18.3 Å². The first-order valence-corrected chi connectivity index (χ1v) is 6.10. The molecule has 0 aromatic carbocycles. The summed E-state index contributed by atoms with van der Waals surface area (Å²) in [4.78, 5) is 11.7. The Labute approximate surface area is 108 Å². The first kappa shape index (κ1) is 14.3. The van der Waals surface area contributed by atoms with Crippen molar-refractivity contribution in [1.82, 2.24) is 15.1 Å². The maximum absolute atomic E-state index is 11.7. The van der Waals surface area contributed by atoms with E-state index in [0.29, 0.717) is 11.5 Å². The summed E-state index contributed by atoms with van der Waals surface area (Å²) in [6.45, 7) is 8.01. The predicted molar refractivity (Wildman–Crippen MR) is 73.4 cm³/mol. The van der Waals surface area contributed by atoms with Crippen molar-refractivity contribution in [2.75, 3.05) is 17.6 Å². The van der Waals surface area contributed by atoms with Crippen LogP contribution in [0.4, 0.5) is 11.5 Å². The zero-order valence-corrected chi connectivity index (χ0v) is 11.8. The molecule has 0 fully saturated rings. The van der Waals surface area contributed by atoms with Crippen molar-refractivity contribution in [3.8, 4) is 0 Å². The normalized spacial score (nSPS) is 11.4. The zero-order chi connectivity index (χ0) is 13.9. The number of nitrogen functional groups attached to an aromatic ring is 1. The summed E-state index contributed by atoms with van der Waals surface area (Å²) in [6.07, 6.45) is 0.773. The number of hydrogen-bond donors (Lipinski definition) is 3. The fourth-order valence-electron chi connectivity index (χ4n) is 1.69. The smallest absolute Gasteiger partial charge is 0.239 e. The minimum Gasteiger partial charge on any atom is -0.394 e. The Balaban J connectivity index is 2.64. The minimum atomic E-state index is -0.231. The molecule has 0 unspecified atom stereocenters. The highest BCUT2D eigenvalue weighted by Gasteiger charge is 2.16. The Morgan fingerprint density at radius 3 is 2.50 bits per heavy atom. The topological polar surface area (TPSA) is 85.0 Å².